The van der Waals surface area contributed by atoms with Gasteiger partial charge in [0, 0.05) is 0 Å². The van der Waals surface area contributed by atoms with Gasteiger partial charge in [0.05, 0.1) is 6.54 Å². The summed E-state index contributed by atoms with van der Waals surface area (Å²) in [6.45, 7) is 4.37. The maximum absolute atomic E-state index is 12.8. The van der Waals surface area contributed by atoms with Crippen molar-refractivity contribution in [3.05, 3.63) is 29.3 Å². The molecule has 0 aromatic heterocycles. The molecule has 1 spiro atoms. The molecule has 1 saturated heterocycles. The summed E-state index contributed by atoms with van der Waals surface area (Å²) in [5.41, 5.74) is 1.40. The van der Waals surface area contributed by atoms with Crippen molar-refractivity contribution in [3.8, 4) is 5.75 Å². The third-order valence-corrected chi connectivity index (χ3v) is 5.52. The molecule has 1 heterocycles. The summed E-state index contributed by atoms with van der Waals surface area (Å²) in [6.07, 6.45) is 5.29. The number of hydrogen-bond acceptors (Lipinski definition) is 4. The van der Waals surface area contributed by atoms with Crippen LogP contribution in [-0.2, 0) is 9.59 Å². The molecular weight excluding hydrogens is 358 g/mol. The second kappa shape index (κ2) is 8.63. The SMILES string of the molecule is Cc1ccc(OCCNC(=O)CN2C(=O)NC3(CCCCCC3)C2=O)c(C)c1. The number of nitrogens with one attached hydrogen (secondary N) is 2. The molecule has 0 unspecified atom stereocenters. The van der Waals surface area contributed by atoms with E-state index in [2.05, 4.69) is 10.6 Å². The van der Waals surface area contributed by atoms with E-state index in [0.717, 1.165) is 47.5 Å². The summed E-state index contributed by atoms with van der Waals surface area (Å²) in [5.74, 6) is 0.156. The average molecular weight is 387 g/mol. The van der Waals surface area contributed by atoms with E-state index >= 15 is 0 Å². The predicted molar refractivity (Wildman–Crippen MR) is 105 cm³/mol. The lowest BCUT2D eigenvalue weighted by atomic mass is 9.90. The summed E-state index contributed by atoms with van der Waals surface area (Å²) in [7, 11) is 0. The van der Waals surface area contributed by atoms with Gasteiger partial charge < -0.3 is 15.4 Å². The Hall–Kier alpha value is -2.57. The number of nitrogens with zero attached hydrogens (tertiary/aromatic N) is 1. The standard InChI is InChI=1S/C21H29N3O4/c1-15-7-8-17(16(2)13-15)28-12-11-22-18(25)14-24-19(26)21(23-20(24)27)9-5-3-4-6-10-21/h7-8,13H,3-6,9-12,14H2,1-2H3,(H,22,25)(H,23,27). The smallest absolute Gasteiger partial charge is 0.325 e. The zero-order valence-electron chi connectivity index (χ0n) is 16.7. The lowest BCUT2D eigenvalue weighted by Gasteiger charge is -2.24. The van der Waals surface area contributed by atoms with E-state index in [0.29, 0.717) is 26.0 Å². The van der Waals surface area contributed by atoms with Gasteiger partial charge in [-0.05, 0) is 38.3 Å². The van der Waals surface area contributed by atoms with Gasteiger partial charge in [-0.25, -0.2) is 4.79 Å². The summed E-state index contributed by atoms with van der Waals surface area (Å²) < 4.78 is 5.68. The normalized spacial score (nSPS) is 18.7. The molecule has 3 rings (SSSR count). The number of aryl methyl sites for hydroxylation is 2. The van der Waals surface area contributed by atoms with Crippen LogP contribution in [-0.4, -0.2) is 48.0 Å². The summed E-state index contributed by atoms with van der Waals surface area (Å²) >= 11 is 0. The van der Waals surface area contributed by atoms with E-state index in [-0.39, 0.29) is 18.4 Å². The molecule has 2 N–H and O–H groups in total. The van der Waals surface area contributed by atoms with Crippen LogP contribution >= 0.6 is 0 Å². The van der Waals surface area contributed by atoms with E-state index in [4.69, 9.17) is 4.74 Å². The molecule has 1 aliphatic heterocycles. The lowest BCUT2D eigenvalue weighted by molar-refractivity contribution is -0.135. The molecule has 1 saturated carbocycles. The number of carbonyl (C=O) groups excluding carboxylic acids is 3. The average Bonchev–Trinajstić information content (AvgIpc) is 2.82. The van der Waals surface area contributed by atoms with Gasteiger partial charge in [0.2, 0.25) is 5.91 Å². The first kappa shape index (κ1) is 20.2. The third-order valence-electron chi connectivity index (χ3n) is 5.52. The van der Waals surface area contributed by atoms with Crippen LogP contribution in [0.15, 0.2) is 18.2 Å². The molecule has 7 nitrogen and oxygen atoms in total. The number of ether oxygens (including phenoxy) is 1. The molecule has 1 aromatic rings. The van der Waals surface area contributed by atoms with Gasteiger partial charge >= 0.3 is 6.03 Å². The molecule has 7 heteroatoms. The van der Waals surface area contributed by atoms with Gasteiger partial charge in [0.15, 0.2) is 0 Å². The number of urea groups is 1. The van der Waals surface area contributed by atoms with Crippen LogP contribution in [0.2, 0.25) is 0 Å². The van der Waals surface area contributed by atoms with Gasteiger partial charge in [-0.1, -0.05) is 43.4 Å². The summed E-state index contributed by atoms with van der Waals surface area (Å²) in [6, 6.07) is 5.45. The summed E-state index contributed by atoms with van der Waals surface area (Å²) in [5, 5.41) is 5.56. The van der Waals surface area contributed by atoms with Crippen molar-refractivity contribution in [2.45, 2.75) is 57.9 Å². The first-order chi connectivity index (χ1) is 13.4. The fourth-order valence-corrected chi connectivity index (χ4v) is 4.00. The van der Waals surface area contributed by atoms with Crippen molar-refractivity contribution < 1.29 is 19.1 Å². The van der Waals surface area contributed by atoms with E-state index < -0.39 is 11.6 Å². The van der Waals surface area contributed by atoms with Crippen molar-refractivity contribution in [2.75, 3.05) is 19.7 Å². The number of benzene rings is 1. The molecule has 2 fully saturated rings. The first-order valence-electron chi connectivity index (χ1n) is 10.0. The Morgan fingerprint density at radius 2 is 1.89 bits per heavy atom. The minimum absolute atomic E-state index is 0.254. The second-order valence-electron chi connectivity index (χ2n) is 7.79. The zero-order chi connectivity index (χ0) is 20.1. The Kier molecular flexibility index (Phi) is 6.21. The van der Waals surface area contributed by atoms with Gasteiger partial charge in [-0.15, -0.1) is 0 Å². The van der Waals surface area contributed by atoms with E-state index in [1.165, 1.54) is 0 Å². The maximum atomic E-state index is 12.8. The molecule has 4 amide bonds. The quantitative estimate of drug-likeness (QED) is 0.580. The third kappa shape index (κ3) is 4.46. The molecule has 0 radical (unpaired) electrons. The van der Waals surface area contributed by atoms with Crippen molar-refractivity contribution in [1.29, 1.82) is 0 Å². The van der Waals surface area contributed by atoms with Gasteiger partial charge in [0.1, 0.15) is 24.4 Å². The van der Waals surface area contributed by atoms with Crippen LogP contribution < -0.4 is 15.4 Å². The molecule has 1 aliphatic carbocycles. The fraction of sp³-hybridized carbons (Fsp3) is 0.571. The van der Waals surface area contributed by atoms with Crippen LogP contribution in [0.5, 0.6) is 5.75 Å². The lowest BCUT2D eigenvalue weighted by Crippen LogP contribution is -2.47. The van der Waals surface area contributed by atoms with Gasteiger partial charge in [-0.3, -0.25) is 14.5 Å². The van der Waals surface area contributed by atoms with Crippen LogP contribution in [0.3, 0.4) is 0 Å². The van der Waals surface area contributed by atoms with Crippen LogP contribution in [0.4, 0.5) is 4.79 Å². The highest BCUT2D eigenvalue weighted by Gasteiger charge is 2.51. The fourth-order valence-electron chi connectivity index (χ4n) is 4.00. The van der Waals surface area contributed by atoms with Gasteiger partial charge in [-0.2, -0.15) is 0 Å². The highest BCUT2D eigenvalue weighted by Crippen LogP contribution is 2.32. The zero-order valence-corrected chi connectivity index (χ0v) is 16.7. The topological polar surface area (TPSA) is 87.7 Å². The minimum atomic E-state index is -0.806. The Balaban J connectivity index is 1.46. The van der Waals surface area contributed by atoms with Crippen LogP contribution in [0.25, 0.3) is 0 Å². The molecule has 0 atom stereocenters. The Labute approximate surface area is 165 Å². The second-order valence-corrected chi connectivity index (χ2v) is 7.79. The first-order valence-corrected chi connectivity index (χ1v) is 10.0. The van der Waals surface area contributed by atoms with E-state index in [9.17, 15) is 14.4 Å². The summed E-state index contributed by atoms with van der Waals surface area (Å²) in [4.78, 5) is 38.3. The molecule has 2 aliphatic rings. The molecule has 0 bridgehead atoms. The monoisotopic (exact) mass is 387 g/mol. The molecule has 152 valence electrons. The number of carbonyl (C=O) groups is 3. The molecular formula is C21H29N3O4. The van der Waals surface area contributed by atoms with Crippen LogP contribution in [0.1, 0.15) is 49.7 Å². The van der Waals surface area contributed by atoms with E-state index in [1.54, 1.807) is 0 Å². The number of rotatable bonds is 6. The molecule has 28 heavy (non-hydrogen) atoms. The minimum Gasteiger partial charge on any atom is -0.491 e. The molecule has 1 aromatic carbocycles. The van der Waals surface area contributed by atoms with Crippen molar-refractivity contribution in [1.82, 2.24) is 15.5 Å². The van der Waals surface area contributed by atoms with Gasteiger partial charge in [0.25, 0.3) is 5.91 Å². The van der Waals surface area contributed by atoms with E-state index in [1.807, 2.05) is 32.0 Å². The van der Waals surface area contributed by atoms with Crippen LogP contribution in [0, 0.1) is 13.8 Å². The largest absolute Gasteiger partial charge is 0.491 e. The number of amides is 4. The Morgan fingerprint density at radius 3 is 2.57 bits per heavy atom. The van der Waals surface area contributed by atoms with Crippen molar-refractivity contribution in [3.63, 3.8) is 0 Å². The Bertz CT molecular complexity index is 754. The number of hydrogen-bond donors (Lipinski definition) is 2. The highest BCUT2D eigenvalue weighted by atomic mass is 16.5. The predicted octanol–water partition coefficient (Wildman–Crippen LogP) is 2.44. The van der Waals surface area contributed by atoms with Crippen molar-refractivity contribution in [2.24, 2.45) is 0 Å². The van der Waals surface area contributed by atoms with Crippen molar-refractivity contribution >= 4 is 17.8 Å². The number of imide groups is 1. The maximum Gasteiger partial charge on any atom is 0.325 e. The highest BCUT2D eigenvalue weighted by molar-refractivity contribution is 6.09. The Morgan fingerprint density at radius 1 is 1.18 bits per heavy atom.